The molecule has 1 aromatic rings. The number of benzene rings is 1. The molecule has 19 heavy (non-hydrogen) atoms. The molecule has 0 aliphatic heterocycles. The first-order valence-electron chi connectivity index (χ1n) is 7.17. The first kappa shape index (κ1) is 16.5. The van der Waals surface area contributed by atoms with Gasteiger partial charge >= 0.3 is 0 Å². The number of aromatic hydroxyl groups is 1. The molecule has 2 nitrogen and oxygen atoms in total. The van der Waals surface area contributed by atoms with Gasteiger partial charge in [0.2, 0.25) is 0 Å². The van der Waals surface area contributed by atoms with Crippen molar-refractivity contribution in [2.75, 3.05) is 6.54 Å². The van der Waals surface area contributed by atoms with Crippen LogP contribution in [0.3, 0.4) is 0 Å². The number of nitrogens with zero attached hydrogens (tertiary/aromatic N) is 1. The van der Waals surface area contributed by atoms with Crippen LogP contribution in [0.5, 0.6) is 5.75 Å². The van der Waals surface area contributed by atoms with Crippen LogP contribution in [0.4, 0.5) is 0 Å². The van der Waals surface area contributed by atoms with Crippen molar-refractivity contribution in [3.05, 3.63) is 27.7 Å². The van der Waals surface area contributed by atoms with E-state index in [1.807, 2.05) is 19.1 Å². The largest absolute Gasteiger partial charge is 0.507 e. The molecular weight excluding hydrogens is 302 g/mol. The van der Waals surface area contributed by atoms with E-state index < -0.39 is 0 Å². The predicted octanol–water partition coefficient (Wildman–Crippen LogP) is 4.86. The van der Waals surface area contributed by atoms with E-state index >= 15 is 0 Å². The van der Waals surface area contributed by atoms with Gasteiger partial charge in [0.1, 0.15) is 5.75 Å². The third-order valence-electron chi connectivity index (χ3n) is 3.50. The SMILES string of the molecule is CCCCCN(Cc1cc(Br)cc(C)c1O)C(C)C. The standard InChI is InChI=1S/C16H26BrNO/c1-5-6-7-8-18(12(2)3)11-14-10-15(17)9-13(4)16(14)19/h9-10,12,19H,5-8,11H2,1-4H3. The summed E-state index contributed by atoms with van der Waals surface area (Å²) in [6.07, 6.45) is 3.74. The van der Waals surface area contributed by atoms with E-state index in [1.54, 1.807) is 0 Å². The molecule has 0 amide bonds. The Morgan fingerprint density at radius 1 is 1.26 bits per heavy atom. The molecule has 108 valence electrons. The second kappa shape index (κ2) is 7.91. The van der Waals surface area contributed by atoms with E-state index in [0.29, 0.717) is 11.8 Å². The predicted molar refractivity (Wildman–Crippen MR) is 85.6 cm³/mol. The van der Waals surface area contributed by atoms with Gasteiger partial charge in [-0.2, -0.15) is 0 Å². The zero-order valence-electron chi connectivity index (χ0n) is 12.5. The first-order valence-corrected chi connectivity index (χ1v) is 7.97. The Bertz CT molecular complexity index is 404. The molecule has 3 heteroatoms. The number of hydrogen-bond donors (Lipinski definition) is 1. The highest BCUT2D eigenvalue weighted by molar-refractivity contribution is 9.10. The summed E-state index contributed by atoms with van der Waals surface area (Å²) in [4.78, 5) is 2.43. The van der Waals surface area contributed by atoms with E-state index in [1.165, 1.54) is 19.3 Å². The Morgan fingerprint density at radius 3 is 2.53 bits per heavy atom. The van der Waals surface area contributed by atoms with Crippen LogP contribution in [0, 0.1) is 6.92 Å². The molecule has 0 aliphatic rings. The summed E-state index contributed by atoms with van der Waals surface area (Å²) in [5.41, 5.74) is 1.94. The van der Waals surface area contributed by atoms with Crippen LogP contribution >= 0.6 is 15.9 Å². The summed E-state index contributed by atoms with van der Waals surface area (Å²) in [6.45, 7) is 10.5. The van der Waals surface area contributed by atoms with Gasteiger partial charge in [-0.05, 0) is 51.4 Å². The molecule has 1 N–H and O–H groups in total. The van der Waals surface area contributed by atoms with Gasteiger partial charge in [0.25, 0.3) is 0 Å². The van der Waals surface area contributed by atoms with Gasteiger partial charge in [-0.1, -0.05) is 35.7 Å². The van der Waals surface area contributed by atoms with Gasteiger partial charge < -0.3 is 5.11 Å². The van der Waals surface area contributed by atoms with Crippen molar-refractivity contribution < 1.29 is 5.11 Å². The van der Waals surface area contributed by atoms with Crippen LogP contribution in [-0.2, 0) is 6.54 Å². The lowest BCUT2D eigenvalue weighted by atomic mass is 10.1. The van der Waals surface area contributed by atoms with E-state index in [4.69, 9.17) is 0 Å². The van der Waals surface area contributed by atoms with Crippen LogP contribution in [-0.4, -0.2) is 22.6 Å². The van der Waals surface area contributed by atoms with E-state index in [-0.39, 0.29) is 0 Å². The summed E-state index contributed by atoms with van der Waals surface area (Å²) < 4.78 is 1.04. The van der Waals surface area contributed by atoms with Gasteiger partial charge in [-0.25, -0.2) is 0 Å². The topological polar surface area (TPSA) is 23.5 Å². The molecule has 0 atom stereocenters. The lowest BCUT2D eigenvalue weighted by molar-refractivity contribution is 0.206. The Labute approximate surface area is 126 Å². The van der Waals surface area contributed by atoms with Crippen LogP contribution < -0.4 is 0 Å². The van der Waals surface area contributed by atoms with Crippen molar-refractivity contribution >= 4 is 15.9 Å². The van der Waals surface area contributed by atoms with Crippen molar-refractivity contribution in [3.63, 3.8) is 0 Å². The van der Waals surface area contributed by atoms with Gasteiger partial charge in [0.15, 0.2) is 0 Å². The first-order chi connectivity index (χ1) is 8.95. The van der Waals surface area contributed by atoms with Crippen molar-refractivity contribution in [1.29, 1.82) is 0 Å². The van der Waals surface area contributed by atoms with Crippen LogP contribution in [0.15, 0.2) is 16.6 Å². The lowest BCUT2D eigenvalue weighted by Gasteiger charge is -2.27. The number of halogens is 1. The third kappa shape index (κ3) is 5.15. The number of phenolic OH excluding ortho intramolecular Hbond substituents is 1. The third-order valence-corrected chi connectivity index (χ3v) is 3.95. The van der Waals surface area contributed by atoms with Gasteiger partial charge in [0.05, 0.1) is 0 Å². The minimum atomic E-state index is 0.435. The summed E-state index contributed by atoms with van der Waals surface area (Å²) in [6, 6.07) is 4.48. The molecule has 0 radical (unpaired) electrons. The Hall–Kier alpha value is -0.540. The molecule has 0 spiro atoms. The summed E-state index contributed by atoms with van der Waals surface area (Å²) in [7, 11) is 0. The Balaban J connectivity index is 2.78. The fraction of sp³-hybridized carbons (Fsp3) is 0.625. The van der Waals surface area contributed by atoms with Crippen molar-refractivity contribution in [1.82, 2.24) is 4.90 Å². The summed E-state index contributed by atoms with van der Waals surface area (Å²) in [5.74, 6) is 0.435. The lowest BCUT2D eigenvalue weighted by Crippen LogP contribution is -2.31. The number of aryl methyl sites for hydroxylation is 1. The highest BCUT2D eigenvalue weighted by Gasteiger charge is 2.13. The highest BCUT2D eigenvalue weighted by atomic mass is 79.9. The molecule has 0 saturated carbocycles. The fourth-order valence-electron chi connectivity index (χ4n) is 2.23. The zero-order chi connectivity index (χ0) is 14.4. The smallest absolute Gasteiger partial charge is 0.123 e. The van der Waals surface area contributed by atoms with Crippen LogP contribution in [0.1, 0.15) is 51.2 Å². The van der Waals surface area contributed by atoms with Gasteiger partial charge in [0, 0.05) is 22.6 Å². The Kier molecular flexibility index (Phi) is 6.87. The minimum absolute atomic E-state index is 0.435. The summed E-state index contributed by atoms with van der Waals surface area (Å²) >= 11 is 3.51. The monoisotopic (exact) mass is 327 g/mol. The molecule has 1 rings (SSSR count). The average molecular weight is 328 g/mol. The van der Waals surface area contributed by atoms with Gasteiger partial charge in [-0.15, -0.1) is 0 Å². The normalized spacial score (nSPS) is 11.5. The van der Waals surface area contributed by atoms with Crippen molar-refractivity contribution in [3.8, 4) is 5.75 Å². The molecular formula is C16H26BrNO. The van der Waals surface area contributed by atoms with E-state index in [9.17, 15) is 5.11 Å². The molecule has 0 unspecified atom stereocenters. The highest BCUT2D eigenvalue weighted by Crippen LogP contribution is 2.28. The number of phenols is 1. The van der Waals surface area contributed by atoms with E-state index in [0.717, 1.165) is 28.7 Å². The maximum atomic E-state index is 10.2. The molecule has 0 aliphatic carbocycles. The van der Waals surface area contributed by atoms with Crippen molar-refractivity contribution in [2.45, 2.75) is 59.5 Å². The zero-order valence-corrected chi connectivity index (χ0v) is 14.1. The molecule has 0 heterocycles. The average Bonchev–Trinajstić information content (AvgIpc) is 2.33. The number of unbranched alkanes of at least 4 members (excludes halogenated alkanes) is 2. The second-order valence-corrected chi connectivity index (χ2v) is 6.42. The number of rotatable bonds is 7. The van der Waals surface area contributed by atoms with E-state index in [2.05, 4.69) is 41.6 Å². The second-order valence-electron chi connectivity index (χ2n) is 5.50. The van der Waals surface area contributed by atoms with Gasteiger partial charge in [-0.3, -0.25) is 4.90 Å². The Morgan fingerprint density at radius 2 is 1.95 bits per heavy atom. The van der Waals surface area contributed by atoms with Crippen LogP contribution in [0.25, 0.3) is 0 Å². The fourth-order valence-corrected chi connectivity index (χ4v) is 2.85. The molecule has 0 saturated heterocycles. The van der Waals surface area contributed by atoms with Crippen LogP contribution in [0.2, 0.25) is 0 Å². The maximum Gasteiger partial charge on any atom is 0.123 e. The summed E-state index contributed by atoms with van der Waals surface area (Å²) in [5, 5.41) is 10.2. The quantitative estimate of drug-likeness (QED) is 0.722. The number of hydrogen-bond acceptors (Lipinski definition) is 2. The molecule has 0 fully saturated rings. The molecule has 0 aromatic heterocycles. The maximum absolute atomic E-state index is 10.2. The minimum Gasteiger partial charge on any atom is -0.507 e. The molecule has 1 aromatic carbocycles. The molecule has 0 bridgehead atoms. The van der Waals surface area contributed by atoms with Crippen molar-refractivity contribution in [2.24, 2.45) is 0 Å².